The molecule has 0 aromatic heterocycles. The third-order valence-electron chi connectivity index (χ3n) is 5.79. The van der Waals surface area contributed by atoms with E-state index in [1.54, 1.807) is 0 Å². The van der Waals surface area contributed by atoms with Crippen molar-refractivity contribution in [2.24, 2.45) is 5.92 Å². The maximum atomic E-state index is 14.0. The van der Waals surface area contributed by atoms with Crippen molar-refractivity contribution in [1.82, 2.24) is 4.90 Å². The Hall–Kier alpha value is -1.36. The molecule has 0 amide bonds. The van der Waals surface area contributed by atoms with Gasteiger partial charge < -0.3 is 10.0 Å². The molecule has 0 unspecified atom stereocenters. The van der Waals surface area contributed by atoms with Gasteiger partial charge in [-0.05, 0) is 18.9 Å². The smallest absolute Gasteiger partial charge is 0.167 e. The zero-order valence-corrected chi connectivity index (χ0v) is 15.0. The van der Waals surface area contributed by atoms with Crippen LogP contribution in [0.2, 0.25) is 0 Å². The standard InChI is InChI=1S/C20H30F2N2O/c21-17-15-20(25)18(22)14-19(17)24-12-10-23(11-13-24)9-5-4-8-16-6-2-1-3-7-16/h14-16,25H,1-13H2. The molecular weight excluding hydrogens is 322 g/mol. The predicted octanol–water partition coefficient (Wildman–Crippen LogP) is 4.54. The highest BCUT2D eigenvalue weighted by atomic mass is 19.1. The van der Waals surface area contributed by atoms with Crippen LogP contribution in [0.1, 0.15) is 51.4 Å². The minimum Gasteiger partial charge on any atom is -0.505 e. The van der Waals surface area contributed by atoms with Gasteiger partial charge in [0.2, 0.25) is 0 Å². The summed E-state index contributed by atoms with van der Waals surface area (Å²) in [7, 11) is 0. The van der Waals surface area contributed by atoms with Gasteiger partial charge in [-0.25, -0.2) is 8.78 Å². The number of nitrogens with zero attached hydrogens (tertiary/aromatic N) is 2. The predicted molar refractivity (Wildman–Crippen MR) is 97.1 cm³/mol. The van der Waals surface area contributed by atoms with Gasteiger partial charge in [-0.3, -0.25) is 4.90 Å². The molecule has 3 nitrogen and oxygen atoms in total. The minimum atomic E-state index is -0.762. The Morgan fingerprint density at radius 2 is 1.64 bits per heavy atom. The maximum absolute atomic E-state index is 14.0. The molecule has 0 bridgehead atoms. The van der Waals surface area contributed by atoms with E-state index in [9.17, 15) is 13.9 Å². The summed E-state index contributed by atoms with van der Waals surface area (Å²) < 4.78 is 27.5. The van der Waals surface area contributed by atoms with Gasteiger partial charge in [-0.2, -0.15) is 0 Å². The second kappa shape index (κ2) is 8.84. The molecule has 1 heterocycles. The van der Waals surface area contributed by atoms with Crippen molar-refractivity contribution >= 4 is 5.69 Å². The van der Waals surface area contributed by atoms with Crippen LogP contribution >= 0.6 is 0 Å². The number of aromatic hydroxyl groups is 1. The Bertz CT molecular complexity index is 553. The van der Waals surface area contributed by atoms with Gasteiger partial charge in [-0.15, -0.1) is 0 Å². The molecule has 5 heteroatoms. The fourth-order valence-corrected chi connectivity index (χ4v) is 4.22. The zero-order valence-electron chi connectivity index (χ0n) is 15.0. The van der Waals surface area contributed by atoms with Gasteiger partial charge in [0.25, 0.3) is 0 Å². The summed E-state index contributed by atoms with van der Waals surface area (Å²) in [6.45, 7) is 4.26. The van der Waals surface area contributed by atoms with Gasteiger partial charge in [0.1, 0.15) is 5.82 Å². The number of hydrogen-bond donors (Lipinski definition) is 1. The number of benzene rings is 1. The average molecular weight is 352 g/mol. The van der Waals surface area contributed by atoms with E-state index in [-0.39, 0.29) is 5.69 Å². The number of anilines is 1. The number of rotatable bonds is 6. The number of hydrogen-bond acceptors (Lipinski definition) is 3. The topological polar surface area (TPSA) is 26.7 Å². The molecule has 2 aliphatic rings. The lowest BCUT2D eigenvalue weighted by atomic mass is 9.86. The Morgan fingerprint density at radius 1 is 0.920 bits per heavy atom. The van der Waals surface area contributed by atoms with Gasteiger partial charge in [0.15, 0.2) is 11.6 Å². The maximum Gasteiger partial charge on any atom is 0.167 e. The van der Waals surface area contributed by atoms with Gasteiger partial charge in [-0.1, -0.05) is 44.9 Å². The molecule has 0 atom stereocenters. The van der Waals surface area contributed by atoms with Crippen LogP contribution in [0, 0.1) is 17.6 Å². The summed E-state index contributed by atoms with van der Waals surface area (Å²) in [6, 6.07) is 1.97. The van der Waals surface area contributed by atoms with E-state index in [1.807, 2.05) is 4.90 Å². The first-order chi connectivity index (χ1) is 12.1. The summed E-state index contributed by atoms with van der Waals surface area (Å²) in [5.41, 5.74) is 0.257. The SMILES string of the molecule is Oc1cc(F)c(N2CCN(CCCCC3CCCCC3)CC2)cc1F. The Balaban J connectivity index is 1.38. The van der Waals surface area contributed by atoms with Crippen molar-refractivity contribution in [1.29, 1.82) is 0 Å². The normalized spacial score (nSPS) is 20.2. The molecule has 1 saturated heterocycles. The lowest BCUT2D eigenvalue weighted by molar-refractivity contribution is 0.245. The summed E-state index contributed by atoms with van der Waals surface area (Å²) in [5, 5.41) is 9.24. The quantitative estimate of drug-likeness (QED) is 0.761. The molecule has 0 radical (unpaired) electrons. The Labute approximate surface area is 149 Å². The third-order valence-corrected chi connectivity index (χ3v) is 5.79. The van der Waals surface area contributed by atoms with Gasteiger partial charge in [0.05, 0.1) is 5.69 Å². The highest BCUT2D eigenvalue weighted by molar-refractivity contribution is 5.51. The minimum absolute atomic E-state index is 0.257. The molecule has 1 aromatic carbocycles. The van der Waals surface area contributed by atoms with E-state index in [1.165, 1.54) is 51.4 Å². The van der Waals surface area contributed by atoms with Crippen LogP contribution < -0.4 is 4.90 Å². The van der Waals surface area contributed by atoms with Gasteiger partial charge >= 0.3 is 0 Å². The first-order valence-corrected chi connectivity index (χ1v) is 9.79. The second-order valence-corrected chi connectivity index (χ2v) is 7.58. The fraction of sp³-hybridized carbons (Fsp3) is 0.700. The van der Waals surface area contributed by atoms with Crippen LogP contribution in [-0.2, 0) is 0 Å². The molecule has 1 aliphatic carbocycles. The molecule has 25 heavy (non-hydrogen) atoms. The first-order valence-electron chi connectivity index (χ1n) is 9.79. The lowest BCUT2D eigenvalue weighted by Crippen LogP contribution is -2.47. The van der Waals surface area contributed by atoms with Crippen LogP contribution in [0.15, 0.2) is 12.1 Å². The molecule has 140 valence electrons. The number of phenolic OH excluding ortho intramolecular Hbond substituents is 1. The number of halogens is 2. The van der Waals surface area contributed by atoms with E-state index >= 15 is 0 Å². The van der Waals surface area contributed by atoms with E-state index in [4.69, 9.17) is 0 Å². The Kier molecular flexibility index (Phi) is 6.51. The summed E-state index contributed by atoms with van der Waals surface area (Å²) in [4.78, 5) is 4.29. The Morgan fingerprint density at radius 3 is 2.36 bits per heavy atom. The van der Waals surface area contributed by atoms with Crippen molar-refractivity contribution in [2.75, 3.05) is 37.6 Å². The summed E-state index contributed by atoms with van der Waals surface area (Å²) in [6.07, 6.45) is 11.0. The van der Waals surface area contributed by atoms with Crippen LogP contribution in [0.3, 0.4) is 0 Å². The molecular formula is C20H30F2N2O. The molecule has 2 fully saturated rings. The molecule has 1 N–H and O–H groups in total. The number of piperazine rings is 1. The van der Waals surface area contributed by atoms with E-state index in [0.717, 1.165) is 37.7 Å². The van der Waals surface area contributed by atoms with Gasteiger partial charge in [0, 0.05) is 38.3 Å². The molecule has 0 spiro atoms. The highest BCUT2D eigenvalue weighted by Crippen LogP contribution is 2.29. The van der Waals surface area contributed by atoms with Crippen molar-refractivity contribution in [3.8, 4) is 5.75 Å². The van der Waals surface area contributed by atoms with Crippen molar-refractivity contribution in [3.05, 3.63) is 23.8 Å². The van der Waals surface area contributed by atoms with Crippen LogP contribution in [0.5, 0.6) is 5.75 Å². The van der Waals surface area contributed by atoms with E-state index < -0.39 is 17.4 Å². The molecule has 1 saturated carbocycles. The number of unbranched alkanes of at least 4 members (excludes halogenated alkanes) is 1. The van der Waals surface area contributed by atoms with Crippen molar-refractivity contribution < 1.29 is 13.9 Å². The molecule has 1 aliphatic heterocycles. The third kappa shape index (κ3) is 5.06. The molecule has 1 aromatic rings. The zero-order chi connectivity index (χ0) is 17.6. The first kappa shape index (κ1) is 18.4. The molecule has 3 rings (SSSR count). The fourth-order valence-electron chi connectivity index (χ4n) is 4.22. The van der Waals surface area contributed by atoms with Crippen LogP contribution in [-0.4, -0.2) is 42.7 Å². The number of phenols is 1. The van der Waals surface area contributed by atoms with Crippen molar-refractivity contribution in [2.45, 2.75) is 51.4 Å². The van der Waals surface area contributed by atoms with E-state index in [0.29, 0.717) is 13.1 Å². The highest BCUT2D eigenvalue weighted by Gasteiger charge is 2.21. The average Bonchev–Trinajstić information content (AvgIpc) is 2.63. The van der Waals surface area contributed by atoms with E-state index in [2.05, 4.69) is 4.90 Å². The largest absolute Gasteiger partial charge is 0.505 e. The monoisotopic (exact) mass is 352 g/mol. The lowest BCUT2D eigenvalue weighted by Gasteiger charge is -2.36. The second-order valence-electron chi connectivity index (χ2n) is 7.58. The van der Waals surface area contributed by atoms with Crippen LogP contribution in [0.25, 0.3) is 0 Å². The van der Waals surface area contributed by atoms with Crippen molar-refractivity contribution in [3.63, 3.8) is 0 Å². The summed E-state index contributed by atoms with van der Waals surface area (Å²) >= 11 is 0. The summed E-state index contributed by atoms with van der Waals surface area (Å²) in [5.74, 6) is -0.989. The van der Waals surface area contributed by atoms with Crippen LogP contribution in [0.4, 0.5) is 14.5 Å².